The molecular weight excluding hydrogens is 445 g/mol. The molecule has 0 radical (unpaired) electrons. The number of benzene rings is 2. The minimum Gasteiger partial charge on any atom is -0.369 e. The number of aromatic nitrogens is 2. The monoisotopic (exact) mass is 467 g/mol. The summed E-state index contributed by atoms with van der Waals surface area (Å²) in [6, 6.07) is 15.3. The highest BCUT2D eigenvalue weighted by Gasteiger charge is 2.40. The Balaban J connectivity index is 1.65. The second-order valence-corrected chi connectivity index (χ2v) is 11.5. The highest BCUT2D eigenvalue weighted by atomic mass is 32.2. The maximum absolute atomic E-state index is 15.7. The number of nitrogens with zero attached hydrogens (tertiary/aromatic N) is 4. The summed E-state index contributed by atoms with van der Waals surface area (Å²) in [5.74, 6) is 3.65. The van der Waals surface area contributed by atoms with Crippen LogP contribution in [-0.2, 0) is 15.2 Å². The van der Waals surface area contributed by atoms with Crippen molar-refractivity contribution in [1.82, 2.24) is 14.1 Å². The van der Waals surface area contributed by atoms with Crippen LogP contribution in [0.2, 0.25) is 0 Å². The molecule has 2 N–H and O–H groups in total. The van der Waals surface area contributed by atoms with E-state index >= 15 is 4.39 Å². The number of nitrogens with two attached hydrogens (primary N) is 1. The molecule has 4 aromatic rings. The Morgan fingerprint density at radius 1 is 1.22 bits per heavy atom. The van der Waals surface area contributed by atoms with Gasteiger partial charge in [-0.3, -0.25) is 4.31 Å². The van der Waals surface area contributed by atoms with Crippen LogP contribution in [0.25, 0.3) is 26.9 Å². The van der Waals surface area contributed by atoms with Crippen molar-refractivity contribution in [2.24, 2.45) is 10.7 Å². The average Bonchev–Trinajstić information content (AvgIpc) is 3.38. The number of aliphatic imine (C=N–C) groups is 1. The molecule has 5 rings (SSSR count). The van der Waals surface area contributed by atoms with Crippen molar-refractivity contribution < 1.29 is 8.60 Å². The Bertz CT molecular complexity index is 1470. The van der Waals surface area contributed by atoms with E-state index in [1.807, 2.05) is 48.7 Å². The van der Waals surface area contributed by atoms with E-state index in [0.717, 1.165) is 21.5 Å². The van der Waals surface area contributed by atoms with Crippen molar-refractivity contribution in [3.05, 3.63) is 71.6 Å². The van der Waals surface area contributed by atoms with Gasteiger partial charge in [0.2, 0.25) is 5.96 Å². The molecular formula is C23H22FN5OS2. The van der Waals surface area contributed by atoms with Gasteiger partial charge in [0.25, 0.3) is 0 Å². The molecule has 6 nitrogen and oxygen atoms in total. The first kappa shape index (κ1) is 20.7. The fraction of sp³-hybridized carbons (Fsp3) is 0.174. The van der Waals surface area contributed by atoms with Gasteiger partial charge in [0.1, 0.15) is 11.4 Å². The summed E-state index contributed by atoms with van der Waals surface area (Å²) >= 11 is 1.31. The van der Waals surface area contributed by atoms with E-state index in [9.17, 15) is 4.21 Å². The number of hydrogen-bond donors (Lipinski definition) is 1. The third-order valence-corrected chi connectivity index (χ3v) is 9.41. The molecule has 32 heavy (non-hydrogen) atoms. The highest BCUT2D eigenvalue weighted by Crippen LogP contribution is 2.44. The first-order valence-corrected chi connectivity index (χ1v) is 12.6. The van der Waals surface area contributed by atoms with Crippen LogP contribution < -0.4 is 5.73 Å². The molecule has 0 saturated heterocycles. The molecule has 9 heteroatoms. The van der Waals surface area contributed by atoms with Gasteiger partial charge in [-0.2, -0.15) is 5.10 Å². The molecule has 2 aromatic heterocycles. The van der Waals surface area contributed by atoms with Gasteiger partial charge < -0.3 is 5.73 Å². The van der Waals surface area contributed by atoms with Crippen molar-refractivity contribution in [2.75, 3.05) is 12.8 Å². The van der Waals surface area contributed by atoms with Gasteiger partial charge in [-0.05, 0) is 24.9 Å². The predicted octanol–water partition coefficient (Wildman–Crippen LogP) is 4.00. The average molecular weight is 468 g/mol. The fourth-order valence-electron chi connectivity index (χ4n) is 4.02. The molecule has 0 aliphatic carbocycles. The Hall–Kier alpha value is -3.17. The van der Waals surface area contributed by atoms with Gasteiger partial charge in [-0.25, -0.2) is 18.3 Å². The maximum atomic E-state index is 15.7. The molecule has 0 fully saturated rings. The van der Waals surface area contributed by atoms with Crippen molar-refractivity contribution in [3.8, 4) is 16.8 Å². The van der Waals surface area contributed by atoms with Crippen LogP contribution >= 0.6 is 11.3 Å². The molecule has 1 aliphatic heterocycles. The first-order chi connectivity index (χ1) is 15.2. The smallest absolute Gasteiger partial charge is 0.203 e. The van der Waals surface area contributed by atoms with E-state index in [4.69, 9.17) is 5.73 Å². The highest BCUT2D eigenvalue weighted by molar-refractivity contribution is 7.98. The van der Waals surface area contributed by atoms with Gasteiger partial charge >= 0.3 is 0 Å². The summed E-state index contributed by atoms with van der Waals surface area (Å²) in [7, 11) is -1.11. The second kappa shape index (κ2) is 7.18. The van der Waals surface area contributed by atoms with Crippen LogP contribution in [0.15, 0.2) is 65.9 Å². The zero-order chi connectivity index (χ0) is 22.7. The molecule has 164 valence electrons. The van der Waals surface area contributed by atoms with E-state index < -0.39 is 15.2 Å². The van der Waals surface area contributed by atoms with Crippen molar-refractivity contribution in [2.45, 2.75) is 12.5 Å². The lowest BCUT2D eigenvalue weighted by molar-refractivity contribution is 0.495. The summed E-state index contributed by atoms with van der Waals surface area (Å²) in [6.45, 7) is 1.76. The topological polar surface area (TPSA) is 76.5 Å². The van der Waals surface area contributed by atoms with Gasteiger partial charge in [-0.15, -0.1) is 11.3 Å². The Kier molecular flexibility index (Phi) is 4.65. The van der Waals surface area contributed by atoms with Crippen LogP contribution in [0.4, 0.5) is 4.39 Å². The predicted molar refractivity (Wildman–Crippen MR) is 131 cm³/mol. The third-order valence-electron chi connectivity index (χ3n) is 5.75. The van der Waals surface area contributed by atoms with Crippen LogP contribution in [-0.4, -0.2) is 42.9 Å². The van der Waals surface area contributed by atoms with E-state index in [1.54, 1.807) is 30.9 Å². The SMILES string of the molecule is C=S1(=O)C[C@@](C)(c2sc3c(-c4cnn(-c5ccccc5)c4)cccc3c2F)N=C(N)N1C. The van der Waals surface area contributed by atoms with Gasteiger partial charge in [0, 0.05) is 34.5 Å². The van der Waals surface area contributed by atoms with Crippen LogP contribution in [0.1, 0.15) is 11.8 Å². The first-order valence-electron chi connectivity index (χ1n) is 9.96. The van der Waals surface area contributed by atoms with Crippen molar-refractivity contribution in [1.29, 1.82) is 0 Å². The molecule has 2 aromatic carbocycles. The molecule has 1 aliphatic rings. The number of hydrogen-bond acceptors (Lipinski definition) is 5. The van der Waals surface area contributed by atoms with Crippen LogP contribution in [0.5, 0.6) is 0 Å². The lowest BCUT2D eigenvalue weighted by Crippen LogP contribution is -2.50. The number of halogens is 1. The maximum Gasteiger partial charge on any atom is 0.203 e. The summed E-state index contributed by atoms with van der Waals surface area (Å²) in [5.41, 5.74) is 7.66. The summed E-state index contributed by atoms with van der Waals surface area (Å²) in [4.78, 5) is 4.92. The quantitative estimate of drug-likeness (QED) is 0.463. The number of guanidine groups is 1. The van der Waals surface area contributed by atoms with E-state index in [2.05, 4.69) is 16.0 Å². The largest absolute Gasteiger partial charge is 0.369 e. The third kappa shape index (κ3) is 3.20. The normalized spacial score (nSPS) is 23.5. The second-order valence-electron chi connectivity index (χ2n) is 8.09. The van der Waals surface area contributed by atoms with Gasteiger partial charge in [0.15, 0.2) is 0 Å². The fourth-order valence-corrected chi connectivity index (χ4v) is 7.08. The number of thiophene rings is 1. The molecule has 3 heterocycles. The summed E-state index contributed by atoms with van der Waals surface area (Å²) in [5, 5.41) is 4.98. The Labute approximate surface area is 190 Å². The van der Waals surface area contributed by atoms with E-state index in [-0.39, 0.29) is 17.5 Å². The van der Waals surface area contributed by atoms with E-state index in [0.29, 0.717) is 10.3 Å². The number of rotatable bonds is 3. The Morgan fingerprint density at radius 2 is 1.97 bits per heavy atom. The van der Waals surface area contributed by atoms with Gasteiger partial charge in [-0.1, -0.05) is 36.4 Å². The minimum absolute atomic E-state index is 0.0855. The molecule has 0 saturated carbocycles. The molecule has 1 unspecified atom stereocenters. The minimum atomic E-state index is -2.71. The lowest BCUT2D eigenvalue weighted by atomic mass is 10.0. The van der Waals surface area contributed by atoms with E-state index in [1.165, 1.54) is 15.6 Å². The zero-order valence-corrected chi connectivity index (χ0v) is 19.3. The van der Waals surface area contributed by atoms with Crippen LogP contribution in [0, 0.1) is 5.82 Å². The molecule has 2 atom stereocenters. The molecule has 0 bridgehead atoms. The standard InChI is InChI=1S/C23H22FN5OS2/c1-23(14-32(3,30)28(2)22(25)27-23)21-19(24)18-11-7-10-17(20(18)31-21)15-12-26-29(13-15)16-8-5-4-6-9-16/h4-13H,3,14H2,1-2H3,(H2,25,27)/t23-,32?/m0/s1. The van der Waals surface area contributed by atoms with Crippen molar-refractivity contribution >= 4 is 43.0 Å². The lowest BCUT2D eigenvalue weighted by Gasteiger charge is -2.36. The summed E-state index contributed by atoms with van der Waals surface area (Å²) < 4.78 is 32.6. The summed E-state index contributed by atoms with van der Waals surface area (Å²) in [6.07, 6.45) is 3.70. The Morgan fingerprint density at radius 3 is 2.69 bits per heavy atom. The number of para-hydroxylation sites is 1. The van der Waals surface area contributed by atoms with Gasteiger partial charge in [0.05, 0.1) is 32.2 Å². The molecule has 0 amide bonds. The van der Waals surface area contributed by atoms with Crippen molar-refractivity contribution in [3.63, 3.8) is 0 Å². The van der Waals surface area contributed by atoms with Crippen LogP contribution in [0.3, 0.4) is 0 Å². The number of fused-ring (bicyclic) bond motifs is 1. The molecule has 0 spiro atoms. The zero-order valence-electron chi connectivity index (χ0n) is 17.7.